The van der Waals surface area contributed by atoms with Crippen LogP contribution in [0.4, 0.5) is 10.5 Å². The zero-order chi connectivity index (χ0) is 16.3. The first-order valence-electron chi connectivity index (χ1n) is 7.21. The molecule has 0 aliphatic rings. The molecule has 0 aliphatic carbocycles. The number of ether oxygens (including phenoxy) is 1. The molecule has 0 aliphatic heterocycles. The predicted octanol–water partition coefficient (Wildman–Crippen LogP) is 3.09. The minimum Gasteiger partial charge on any atom is -0.448 e. The first kappa shape index (κ1) is 5.75. The van der Waals surface area contributed by atoms with Gasteiger partial charge in [-0.05, 0) is 24.8 Å². The van der Waals surface area contributed by atoms with Crippen molar-refractivity contribution >= 4 is 23.4 Å². The molecule has 0 saturated carbocycles. The van der Waals surface area contributed by atoms with Crippen LogP contribution in [0.1, 0.15) is 19.4 Å². The number of rotatable bonds is 3. The zero-order valence-electron chi connectivity index (χ0n) is 13.8. The summed E-state index contributed by atoms with van der Waals surface area (Å²) in [4.78, 5) is 11.6. The minimum absolute atomic E-state index is 0.0699. The fraction of sp³-hybridized carbons (Fsp3) is 0.364. The van der Waals surface area contributed by atoms with Crippen LogP contribution in [0.25, 0.3) is 0 Å². The third-order valence-corrected chi connectivity index (χ3v) is 1.76. The normalized spacial score (nSPS) is 17.4. The first-order chi connectivity index (χ1) is 9.57. The van der Waals surface area contributed by atoms with Gasteiger partial charge in [0.25, 0.3) is 0 Å². The Morgan fingerprint density at radius 3 is 2.73 bits per heavy atom. The van der Waals surface area contributed by atoms with Gasteiger partial charge in [-0.2, -0.15) is 0 Å². The van der Waals surface area contributed by atoms with E-state index in [0.717, 1.165) is 0 Å². The molecule has 15 heavy (non-hydrogen) atoms. The number of nitrogens with one attached hydrogen (secondary N) is 1. The van der Waals surface area contributed by atoms with Gasteiger partial charge in [-0.15, -0.1) is 11.6 Å². The van der Waals surface area contributed by atoms with Crippen molar-refractivity contribution < 1.29 is 17.8 Å². The number of carbonyl (C=O) groups is 1. The average molecular weight is 234 g/mol. The maximum atomic E-state index is 11.6. The number of halogens is 1. The molecule has 0 aromatic heterocycles. The van der Waals surface area contributed by atoms with Gasteiger partial charge in [0.2, 0.25) is 0 Å². The predicted molar refractivity (Wildman–Crippen MR) is 61.6 cm³/mol. The number of para-hydroxylation sites is 1. The molecule has 1 rings (SSSR count). The molecule has 0 fully saturated rings. The Bertz CT molecular complexity index is 482. The molecule has 1 amide bonds. The molecule has 82 valence electrons. The van der Waals surface area contributed by atoms with Crippen LogP contribution in [0, 0.1) is 13.7 Å². The second-order valence-electron chi connectivity index (χ2n) is 2.68. The van der Waals surface area contributed by atoms with Crippen LogP contribution < -0.4 is 5.32 Å². The van der Waals surface area contributed by atoms with E-state index in [1.807, 2.05) is 0 Å². The molecule has 0 unspecified atom stereocenters. The van der Waals surface area contributed by atoms with E-state index >= 15 is 0 Å². The molecule has 0 heterocycles. The third kappa shape index (κ3) is 3.44. The van der Waals surface area contributed by atoms with Crippen molar-refractivity contribution in [2.75, 3.05) is 17.8 Å². The Balaban J connectivity index is 3.27. The summed E-state index contributed by atoms with van der Waals surface area (Å²) in [6.07, 6.45) is -0.960. The van der Waals surface area contributed by atoms with E-state index in [-0.39, 0.29) is 29.3 Å². The summed E-state index contributed by atoms with van der Waals surface area (Å²) in [5, 5.41) is 2.19. The quantitative estimate of drug-likeness (QED) is 0.815. The van der Waals surface area contributed by atoms with Gasteiger partial charge in [0, 0.05) is 13.9 Å². The summed E-state index contributed by atoms with van der Waals surface area (Å²) in [6, 6.07) is 3.79. The van der Waals surface area contributed by atoms with Crippen molar-refractivity contribution in [3.05, 3.63) is 29.3 Å². The topological polar surface area (TPSA) is 38.3 Å². The van der Waals surface area contributed by atoms with Crippen LogP contribution in [0.2, 0.25) is 0 Å². The molecule has 0 saturated heterocycles. The van der Waals surface area contributed by atoms with E-state index in [9.17, 15) is 4.79 Å². The molecule has 1 aromatic rings. The second kappa shape index (κ2) is 5.61. The van der Waals surface area contributed by atoms with Crippen molar-refractivity contribution in [1.82, 2.24) is 0 Å². The van der Waals surface area contributed by atoms with E-state index in [4.69, 9.17) is 19.8 Å². The van der Waals surface area contributed by atoms with Gasteiger partial charge < -0.3 is 4.74 Å². The Morgan fingerprint density at radius 1 is 1.53 bits per heavy atom. The SMILES string of the molecule is [2H]C([2H])([2H])c1cccc(C([2H])([2H])[2H])c1NC(=O)OCCCl. The van der Waals surface area contributed by atoms with Gasteiger partial charge in [0.15, 0.2) is 0 Å². The van der Waals surface area contributed by atoms with Gasteiger partial charge in [-0.3, -0.25) is 5.32 Å². The summed E-state index contributed by atoms with van der Waals surface area (Å²) in [5.74, 6) is 0.0699. The largest absolute Gasteiger partial charge is 0.448 e. The third-order valence-electron chi connectivity index (χ3n) is 1.60. The molecule has 0 bridgehead atoms. The monoisotopic (exact) mass is 233 g/mol. The maximum Gasteiger partial charge on any atom is 0.411 e. The number of carbonyl (C=O) groups excluding carboxylic acids is 1. The highest BCUT2D eigenvalue weighted by Gasteiger charge is 2.07. The van der Waals surface area contributed by atoms with Crippen molar-refractivity contribution in [2.24, 2.45) is 0 Å². The lowest BCUT2D eigenvalue weighted by molar-refractivity contribution is 0.168. The number of benzene rings is 1. The maximum absolute atomic E-state index is 11.6. The van der Waals surface area contributed by atoms with Crippen LogP contribution >= 0.6 is 11.6 Å². The number of alkyl halides is 1. The molecule has 0 radical (unpaired) electrons. The van der Waals surface area contributed by atoms with Gasteiger partial charge in [-0.25, -0.2) is 4.79 Å². The van der Waals surface area contributed by atoms with E-state index in [1.165, 1.54) is 18.2 Å². The molecule has 3 nitrogen and oxygen atoms in total. The van der Waals surface area contributed by atoms with Crippen LogP contribution in [-0.4, -0.2) is 18.6 Å². The first-order valence-corrected chi connectivity index (χ1v) is 4.74. The van der Waals surface area contributed by atoms with Gasteiger partial charge in [0.1, 0.15) is 6.61 Å². The van der Waals surface area contributed by atoms with E-state index in [1.54, 1.807) is 0 Å². The molecule has 1 aromatic carbocycles. The highest BCUT2D eigenvalue weighted by atomic mass is 35.5. The van der Waals surface area contributed by atoms with Crippen molar-refractivity contribution in [3.8, 4) is 0 Å². The number of aryl methyl sites for hydroxylation is 2. The lowest BCUT2D eigenvalue weighted by Crippen LogP contribution is -2.16. The van der Waals surface area contributed by atoms with Crippen molar-refractivity contribution in [2.45, 2.75) is 13.7 Å². The number of amides is 1. The van der Waals surface area contributed by atoms with E-state index in [0.29, 0.717) is 0 Å². The fourth-order valence-electron chi connectivity index (χ4n) is 0.956. The van der Waals surface area contributed by atoms with E-state index < -0.39 is 19.8 Å². The van der Waals surface area contributed by atoms with Gasteiger partial charge >= 0.3 is 6.09 Å². The van der Waals surface area contributed by atoms with Crippen LogP contribution in [0.5, 0.6) is 0 Å². The number of anilines is 1. The Morgan fingerprint density at radius 2 is 2.20 bits per heavy atom. The smallest absolute Gasteiger partial charge is 0.411 e. The van der Waals surface area contributed by atoms with Crippen molar-refractivity contribution in [1.29, 1.82) is 0 Å². The molecular formula is C11H14ClNO2. The summed E-state index contributed by atoms with van der Waals surface area (Å²) in [5.41, 5.74) is -0.810. The highest BCUT2D eigenvalue weighted by Crippen LogP contribution is 2.19. The van der Waals surface area contributed by atoms with Crippen LogP contribution in [-0.2, 0) is 4.74 Å². The minimum atomic E-state index is -2.57. The molecule has 0 atom stereocenters. The number of hydrogen-bond donors (Lipinski definition) is 1. The summed E-state index contributed by atoms with van der Waals surface area (Å²) in [6.45, 7) is -5.22. The second-order valence-corrected chi connectivity index (χ2v) is 3.06. The Hall–Kier alpha value is -1.22. The molecular weight excluding hydrogens is 214 g/mol. The standard InChI is InChI=1S/C11H14ClNO2/c1-8-4-3-5-9(2)10(8)13-11(14)15-7-6-12/h3-5H,6-7H2,1-2H3,(H,13,14)/i1D3,2D3. The van der Waals surface area contributed by atoms with E-state index in [2.05, 4.69) is 10.1 Å². The number of hydrogen-bond acceptors (Lipinski definition) is 2. The summed E-state index contributed by atoms with van der Waals surface area (Å²) < 4.78 is 49.3. The fourth-order valence-corrected chi connectivity index (χ4v) is 1.03. The molecule has 4 heteroatoms. The van der Waals surface area contributed by atoms with Gasteiger partial charge in [-0.1, -0.05) is 18.2 Å². The van der Waals surface area contributed by atoms with Gasteiger partial charge in [0.05, 0.1) is 5.88 Å². The molecule has 1 N–H and O–H groups in total. The summed E-state index contributed by atoms with van der Waals surface area (Å²) in [7, 11) is 0. The zero-order valence-corrected chi connectivity index (χ0v) is 8.60. The van der Waals surface area contributed by atoms with Crippen LogP contribution in [0.15, 0.2) is 18.2 Å². The van der Waals surface area contributed by atoms with Crippen LogP contribution in [0.3, 0.4) is 0 Å². The van der Waals surface area contributed by atoms with Crippen molar-refractivity contribution in [3.63, 3.8) is 0 Å². The highest BCUT2D eigenvalue weighted by molar-refractivity contribution is 6.18. The Labute approximate surface area is 103 Å². The lowest BCUT2D eigenvalue weighted by Gasteiger charge is -2.10. The average Bonchev–Trinajstić information content (AvgIpc) is 2.34. The molecule has 0 spiro atoms. The summed E-state index contributed by atoms with van der Waals surface area (Å²) >= 11 is 5.37. The lowest BCUT2D eigenvalue weighted by atomic mass is 10.1. The Kier molecular flexibility index (Phi) is 2.15.